The van der Waals surface area contributed by atoms with E-state index in [4.69, 9.17) is 10.4 Å². The van der Waals surface area contributed by atoms with Crippen molar-refractivity contribution in [3.8, 4) is 6.07 Å². The van der Waals surface area contributed by atoms with Crippen molar-refractivity contribution in [1.29, 1.82) is 5.26 Å². The van der Waals surface area contributed by atoms with Gasteiger partial charge in [0, 0.05) is 97.0 Å². The van der Waals surface area contributed by atoms with Crippen LogP contribution in [-0.2, 0) is 25.5 Å². The Balaban J connectivity index is 0.000000596. The molecule has 104 heavy (non-hydrogen) atoms. The van der Waals surface area contributed by atoms with Gasteiger partial charge in [0.15, 0.2) is 0 Å². The number of carbonyl (C=O) groups is 1. The number of carbonyl (C=O) groups excluding carboxylic acids is 1. The zero-order chi connectivity index (χ0) is 79.9. The number of piperazine rings is 1. The topological polar surface area (TPSA) is 131 Å². The van der Waals surface area contributed by atoms with E-state index in [1.807, 2.05) is 38.1 Å². The highest BCUT2D eigenvalue weighted by Gasteiger charge is 2.33. The van der Waals surface area contributed by atoms with Gasteiger partial charge in [0.2, 0.25) is 5.91 Å². The van der Waals surface area contributed by atoms with Crippen molar-refractivity contribution < 1.29 is 27.1 Å². The van der Waals surface area contributed by atoms with Gasteiger partial charge in [-0.3, -0.25) is 9.78 Å². The van der Waals surface area contributed by atoms with Crippen LogP contribution in [0.2, 0.25) is 0 Å². The molecule has 1 N–H and O–H groups in total. The van der Waals surface area contributed by atoms with E-state index in [0.717, 1.165) is 74.9 Å². The molecule has 6 fully saturated rings. The molecule has 0 bridgehead atoms. The van der Waals surface area contributed by atoms with Crippen molar-refractivity contribution >= 4 is 15.7 Å². The normalized spacial score (nSPS) is 19.4. The van der Waals surface area contributed by atoms with Crippen LogP contribution in [0.5, 0.6) is 0 Å². The Labute approximate surface area is 641 Å². The molecule has 1 aromatic carbocycles. The number of β-amino-alcohol motifs (C(OH)–C–C–N with tert-alkyl or cyclic N) is 1. The summed E-state index contributed by atoms with van der Waals surface area (Å²) < 4.78 is 47.6. The Kier molecular flexibility index (Phi) is 43.6. The van der Waals surface area contributed by atoms with Gasteiger partial charge in [-0.15, -0.1) is 0 Å². The third kappa shape index (κ3) is 43.9. The van der Waals surface area contributed by atoms with Crippen LogP contribution < -0.4 is 0 Å². The first kappa shape index (κ1) is 98.9. The number of rotatable bonds is 10. The molecule has 1 aromatic heterocycles. The highest BCUT2D eigenvalue weighted by Crippen LogP contribution is 2.38. The van der Waals surface area contributed by atoms with Crippen LogP contribution in [0.25, 0.3) is 0 Å². The molecule has 1 amide bonds. The lowest BCUT2D eigenvalue weighted by Crippen LogP contribution is -2.46. The maximum atomic E-state index is 12.7. The van der Waals surface area contributed by atoms with Gasteiger partial charge >= 0.3 is 0 Å². The summed E-state index contributed by atoms with van der Waals surface area (Å²) in [4.78, 5) is 31.8. The number of likely N-dealkylation sites (tertiary alicyclic amines) is 5. The maximum absolute atomic E-state index is 12.7. The number of nitriles is 1. The smallest absolute Gasteiger partial charge is 0.219 e. The summed E-state index contributed by atoms with van der Waals surface area (Å²) in [5, 5.41) is 17.3. The average Bonchev–Trinajstić information content (AvgIpc) is 0.835. The molecule has 8 rings (SSSR count). The number of hydrogen-bond donors (Lipinski definition) is 1. The predicted octanol–water partition coefficient (Wildman–Crippen LogP) is 18.9. The van der Waals surface area contributed by atoms with E-state index >= 15 is 0 Å². The number of aliphatic hydroxyl groups excluding tert-OH is 1. The number of hydrogen-bond acceptors (Lipinski definition) is 12. The standard InChI is InChI=1S/C12H22N2.C12H26N2.C12H25NO2S.C11H21NO.C11H23NO.C10H12F2.C10H21N.C10H15N/c1-12(2,3)11-5-9-14(10-6-11)8-4-7-13;1-5-13-8-10-14(11-9-13)7-6-12(2,3)4;1-12(2,3)11-5-7-13(8-6-11)9-10-16(4,14)15;1-9(13)12-7-5-10(6-8-12)11(2,3)4;1-11(2,3)10-4-6-12(7-5-10)8-9-13;1-10(2,3)7-4-8(11)6-9(12)5-7;1-10(2,3)9-5-7-11(4)8-6-9;1-8-5-6-11-7-9(8)10(2,3)4/h11H,4-6,8-10H2,1-3H3;5-11H2,1-4H3;11H,5-10H2,1-4H3;10H,5-8H2,1-4H3;10,13H,4-9H2,1-3H3;4-6H,1-3H3;9H,5-8H2,1-4H3;5-7H,1-4H3. The minimum Gasteiger partial charge on any atom is -0.395 e. The van der Waals surface area contributed by atoms with Crippen LogP contribution in [0.15, 0.2) is 36.7 Å². The second-order valence-electron chi connectivity index (χ2n) is 40.2. The summed E-state index contributed by atoms with van der Waals surface area (Å²) in [6, 6.07) is 7.88. The van der Waals surface area contributed by atoms with E-state index < -0.39 is 21.5 Å². The highest BCUT2D eigenvalue weighted by atomic mass is 32.2. The van der Waals surface area contributed by atoms with E-state index in [1.54, 1.807) is 6.92 Å². The highest BCUT2D eigenvalue weighted by molar-refractivity contribution is 7.90. The first-order valence-corrected chi connectivity index (χ1v) is 42.7. The number of nitrogens with zero attached hydrogens (tertiary/aromatic N) is 9. The number of pyridine rings is 1. The largest absolute Gasteiger partial charge is 0.395 e. The fourth-order valence-electron chi connectivity index (χ4n) is 14.7. The second kappa shape index (κ2) is 45.9. The molecule has 16 heteroatoms. The molecule has 6 aliphatic rings. The number of aromatic nitrogens is 1. The molecular formula is C88H165F2N9O4S. The van der Waals surface area contributed by atoms with Crippen molar-refractivity contribution in [3.63, 3.8) is 0 Å². The minimum atomic E-state index is -2.81. The van der Waals surface area contributed by atoms with Crippen molar-refractivity contribution in [2.45, 2.75) is 275 Å². The average molecular weight is 1480 g/mol. The molecule has 606 valence electrons. The molecule has 0 atom stereocenters. The zero-order valence-electron chi connectivity index (χ0n) is 73.0. The van der Waals surface area contributed by atoms with Crippen molar-refractivity contribution in [3.05, 3.63) is 65.0 Å². The van der Waals surface area contributed by atoms with Crippen LogP contribution in [0, 0.1) is 92.0 Å². The van der Waals surface area contributed by atoms with E-state index in [2.05, 4.69) is 213 Å². The number of sulfone groups is 1. The van der Waals surface area contributed by atoms with E-state index in [-0.39, 0.29) is 16.7 Å². The lowest BCUT2D eigenvalue weighted by Gasteiger charge is -2.38. The van der Waals surface area contributed by atoms with Crippen molar-refractivity contribution in [2.24, 2.45) is 62.1 Å². The first-order valence-electron chi connectivity index (χ1n) is 40.7. The predicted molar refractivity (Wildman–Crippen MR) is 442 cm³/mol. The molecule has 0 unspecified atom stereocenters. The van der Waals surface area contributed by atoms with E-state index in [1.165, 1.54) is 179 Å². The monoisotopic (exact) mass is 1480 g/mol. The van der Waals surface area contributed by atoms with Gasteiger partial charge in [-0.05, 0) is 258 Å². The second-order valence-corrected chi connectivity index (χ2v) is 42.5. The quantitative estimate of drug-likeness (QED) is 0.243. The summed E-state index contributed by atoms with van der Waals surface area (Å²) >= 11 is 0. The summed E-state index contributed by atoms with van der Waals surface area (Å²) in [6.07, 6.45) is 19.8. The molecule has 13 nitrogen and oxygen atoms in total. The Morgan fingerprint density at radius 3 is 1.16 bits per heavy atom. The van der Waals surface area contributed by atoms with Gasteiger partial charge in [0.25, 0.3) is 0 Å². The Bertz CT molecular complexity index is 2760. The number of aryl methyl sites for hydroxylation is 1. The summed E-state index contributed by atoms with van der Waals surface area (Å²) in [5.41, 5.74) is 6.09. The van der Waals surface area contributed by atoms with Gasteiger partial charge in [-0.1, -0.05) is 173 Å². The zero-order valence-corrected chi connectivity index (χ0v) is 73.9. The van der Waals surface area contributed by atoms with E-state index in [0.29, 0.717) is 63.4 Å². The number of amides is 1. The number of likely N-dealkylation sites (N-methyl/N-ethyl adjacent to an activating group) is 1. The molecule has 2 aromatic rings. The number of aliphatic hydroxyl groups is 1. The third-order valence-corrected chi connectivity index (χ3v) is 23.9. The van der Waals surface area contributed by atoms with Crippen LogP contribution in [0.3, 0.4) is 0 Å². The van der Waals surface area contributed by atoms with Crippen molar-refractivity contribution in [2.75, 3.05) is 150 Å². The molecule has 6 aliphatic heterocycles. The van der Waals surface area contributed by atoms with Crippen molar-refractivity contribution in [1.82, 2.24) is 39.3 Å². The fraction of sp³-hybridized carbons (Fsp3) is 0.852. The van der Waals surface area contributed by atoms with Crippen LogP contribution in [0.1, 0.15) is 274 Å². The van der Waals surface area contributed by atoms with Gasteiger partial charge in [0.05, 0.1) is 18.4 Å². The lowest BCUT2D eigenvalue weighted by molar-refractivity contribution is -0.130. The summed E-state index contributed by atoms with van der Waals surface area (Å²) in [7, 11) is -0.586. The Morgan fingerprint density at radius 2 is 0.865 bits per heavy atom. The fourth-order valence-corrected chi connectivity index (χ4v) is 15.3. The first-order chi connectivity index (χ1) is 47.6. The summed E-state index contributed by atoms with van der Waals surface area (Å²) in [5.74, 6) is 3.73. The van der Waals surface area contributed by atoms with Gasteiger partial charge < -0.3 is 39.4 Å². The van der Waals surface area contributed by atoms with Crippen LogP contribution >= 0.6 is 0 Å². The molecule has 6 saturated heterocycles. The Morgan fingerprint density at radius 1 is 0.519 bits per heavy atom. The molecular weight excluding hydrogens is 1320 g/mol. The summed E-state index contributed by atoms with van der Waals surface area (Å²) in [6.45, 7) is 82.0. The van der Waals surface area contributed by atoms with Crippen LogP contribution in [-0.4, -0.2) is 209 Å². The molecule has 7 heterocycles. The number of piperidine rings is 5. The maximum Gasteiger partial charge on any atom is 0.219 e. The molecule has 0 saturated carbocycles. The third-order valence-electron chi connectivity index (χ3n) is 22.9. The van der Waals surface area contributed by atoms with Gasteiger partial charge in [0.1, 0.15) is 21.5 Å². The number of benzene rings is 1. The molecule has 0 aliphatic carbocycles. The SMILES string of the molecule is CC(=O)N1CCC(C(C)(C)C)CC1.CC(C)(C)C1CCN(CCC#N)CC1.CC(C)(C)C1CCN(CCO)CC1.CC(C)(C)C1CCN(CCS(C)(=O)=O)CC1.CC(C)(C)c1cc(F)cc(F)c1.CCN1CCN(CCC(C)(C)C)CC1.CN1CCC(C(C)(C)C)CC1.Cc1ccncc1C(C)(C)C. The molecule has 0 radical (unpaired) electrons. The molecule has 0 spiro atoms. The lowest BCUT2D eigenvalue weighted by atomic mass is 9.75. The minimum absolute atomic E-state index is 0.205. The number of halogens is 2. The van der Waals surface area contributed by atoms with Gasteiger partial charge in [-0.2, -0.15) is 5.26 Å². The van der Waals surface area contributed by atoms with E-state index in [9.17, 15) is 22.0 Å². The van der Waals surface area contributed by atoms with Gasteiger partial charge in [-0.25, -0.2) is 17.2 Å². The van der Waals surface area contributed by atoms with Crippen LogP contribution in [0.4, 0.5) is 8.78 Å². The Hall–Kier alpha value is -3.14.